The van der Waals surface area contributed by atoms with Crippen LogP contribution >= 0.6 is 0 Å². The van der Waals surface area contributed by atoms with Crippen molar-refractivity contribution in [1.29, 1.82) is 0 Å². The van der Waals surface area contributed by atoms with E-state index in [0.717, 1.165) is 12.8 Å². The van der Waals surface area contributed by atoms with Crippen LogP contribution in [-0.4, -0.2) is 48.7 Å². The smallest absolute Gasteiger partial charge is 0.412 e. The van der Waals surface area contributed by atoms with Crippen molar-refractivity contribution in [2.24, 2.45) is 5.41 Å². The maximum Gasteiger partial charge on any atom is 0.412 e. The Morgan fingerprint density at radius 1 is 1.59 bits per heavy atom. The van der Waals surface area contributed by atoms with Gasteiger partial charge in [0.15, 0.2) is 0 Å². The molecule has 2 aliphatic rings. The van der Waals surface area contributed by atoms with Crippen LogP contribution in [0, 0.1) is 5.41 Å². The molecule has 2 saturated heterocycles. The standard InChI is InChI=1S/C12H19NO4/c1-2-5-17-11(15)13-9-12(8-10(13)14)3-6-16-7-4-12/h2,10,14H,1,3-9H2. The fourth-order valence-corrected chi connectivity index (χ4v) is 2.59. The molecular weight excluding hydrogens is 222 g/mol. The van der Waals surface area contributed by atoms with Gasteiger partial charge >= 0.3 is 6.09 Å². The van der Waals surface area contributed by atoms with E-state index in [9.17, 15) is 9.90 Å². The van der Waals surface area contributed by atoms with E-state index in [0.29, 0.717) is 26.2 Å². The molecule has 0 radical (unpaired) electrons. The fraction of sp³-hybridized carbons (Fsp3) is 0.750. The number of nitrogens with zero attached hydrogens (tertiary/aromatic N) is 1. The van der Waals surface area contributed by atoms with Gasteiger partial charge in [-0.2, -0.15) is 0 Å². The van der Waals surface area contributed by atoms with Gasteiger partial charge in [0.25, 0.3) is 0 Å². The minimum atomic E-state index is -0.731. The van der Waals surface area contributed by atoms with Crippen LogP contribution in [0.1, 0.15) is 19.3 Å². The molecule has 1 atom stereocenters. The zero-order valence-corrected chi connectivity index (χ0v) is 9.93. The van der Waals surface area contributed by atoms with Crippen LogP contribution in [0.25, 0.3) is 0 Å². The molecule has 2 rings (SSSR count). The highest BCUT2D eigenvalue weighted by molar-refractivity contribution is 5.68. The number of carbonyl (C=O) groups is 1. The predicted octanol–water partition coefficient (Wildman–Crippen LogP) is 1.13. The van der Waals surface area contributed by atoms with E-state index in [4.69, 9.17) is 9.47 Å². The minimum absolute atomic E-state index is 0.0187. The second-order valence-corrected chi connectivity index (χ2v) is 4.79. The van der Waals surface area contributed by atoms with E-state index < -0.39 is 12.3 Å². The van der Waals surface area contributed by atoms with Gasteiger partial charge in [-0.25, -0.2) is 4.79 Å². The second kappa shape index (κ2) is 5.06. The highest BCUT2D eigenvalue weighted by atomic mass is 16.6. The first-order valence-electron chi connectivity index (χ1n) is 5.97. The fourth-order valence-electron chi connectivity index (χ4n) is 2.59. The number of hydrogen-bond donors (Lipinski definition) is 1. The van der Waals surface area contributed by atoms with Gasteiger partial charge in [-0.3, -0.25) is 4.90 Å². The third kappa shape index (κ3) is 2.61. The second-order valence-electron chi connectivity index (χ2n) is 4.79. The summed E-state index contributed by atoms with van der Waals surface area (Å²) in [4.78, 5) is 13.1. The summed E-state index contributed by atoms with van der Waals surface area (Å²) in [6.07, 6.45) is 2.75. The Hall–Kier alpha value is -1.07. The van der Waals surface area contributed by atoms with E-state index in [1.165, 1.54) is 11.0 Å². The zero-order valence-electron chi connectivity index (χ0n) is 9.93. The topological polar surface area (TPSA) is 59.0 Å². The Morgan fingerprint density at radius 3 is 2.94 bits per heavy atom. The molecule has 0 aromatic carbocycles. The van der Waals surface area contributed by atoms with Crippen molar-refractivity contribution in [3.05, 3.63) is 12.7 Å². The molecule has 2 heterocycles. The molecule has 0 aromatic rings. The number of hydrogen-bond acceptors (Lipinski definition) is 4. The van der Waals surface area contributed by atoms with Crippen molar-refractivity contribution >= 4 is 6.09 Å². The van der Waals surface area contributed by atoms with E-state index in [-0.39, 0.29) is 12.0 Å². The lowest BCUT2D eigenvalue weighted by molar-refractivity contribution is 0.0169. The molecule has 96 valence electrons. The molecule has 0 bridgehead atoms. The van der Waals surface area contributed by atoms with Crippen molar-refractivity contribution < 1.29 is 19.4 Å². The molecular formula is C12H19NO4. The summed E-state index contributed by atoms with van der Waals surface area (Å²) in [6.45, 7) is 5.65. The van der Waals surface area contributed by atoms with Gasteiger partial charge in [0, 0.05) is 19.8 Å². The molecule has 0 aromatic heterocycles. The van der Waals surface area contributed by atoms with Crippen molar-refractivity contribution in [2.45, 2.75) is 25.5 Å². The third-order valence-corrected chi connectivity index (χ3v) is 3.59. The Kier molecular flexibility index (Phi) is 3.69. The molecule has 5 nitrogen and oxygen atoms in total. The van der Waals surface area contributed by atoms with Gasteiger partial charge in [-0.15, -0.1) is 0 Å². The Balaban J connectivity index is 1.96. The zero-order chi connectivity index (χ0) is 12.3. The molecule has 17 heavy (non-hydrogen) atoms. The van der Waals surface area contributed by atoms with Crippen LogP contribution in [0.5, 0.6) is 0 Å². The van der Waals surface area contributed by atoms with Crippen LogP contribution in [0.3, 0.4) is 0 Å². The minimum Gasteiger partial charge on any atom is -0.445 e. The highest BCUT2D eigenvalue weighted by Crippen LogP contribution is 2.42. The van der Waals surface area contributed by atoms with Crippen molar-refractivity contribution in [3.63, 3.8) is 0 Å². The predicted molar refractivity (Wildman–Crippen MR) is 61.4 cm³/mol. The normalized spacial score (nSPS) is 27.1. The van der Waals surface area contributed by atoms with Gasteiger partial charge in [0.2, 0.25) is 0 Å². The highest BCUT2D eigenvalue weighted by Gasteiger charge is 2.46. The number of rotatable bonds is 2. The summed E-state index contributed by atoms with van der Waals surface area (Å²) >= 11 is 0. The number of amides is 1. The molecule has 1 amide bonds. The molecule has 1 N–H and O–H groups in total. The van der Waals surface area contributed by atoms with Gasteiger partial charge in [-0.05, 0) is 24.7 Å². The largest absolute Gasteiger partial charge is 0.445 e. The number of likely N-dealkylation sites (tertiary alicyclic amines) is 1. The van der Waals surface area contributed by atoms with E-state index >= 15 is 0 Å². The molecule has 1 spiro atoms. The lowest BCUT2D eigenvalue weighted by atomic mass is 9.79. The maximum absolute atomic E-state index is 11.7. The quantitative estimate of drug-likeness (QED) is 0.736. The SMILES string of the molecule is C=CCOC(=O)N1CC2(CCOCC2)CC1O. The number of carbonyl (C=O) groups excluding carboxylic acids is 1. The lowest BCUT2D eigenvalue weighted by Gasteiger charge is -2.32. The van der Waals surface area contributed by atoms with Crippen molar-refractivity contribution in [3.8, 4) is 0 Å². The summed E-state index contributed by atoms with van der Waals surface area (Å²) in [5.74, 6) is 0. The average Bonchev–Trinajstić information content (AvgIpc) is 2.64. The Bertz CT molecular complexity index is 299. The van der Waals surface area contributed by atoms with Gasteiger partial charge in [0.1, 0.15) is 12.8 Å². The van der Waals surface area contributed by atoms with Gasteiger partial charge in [0.05, 0.1) is 0 Å². The van der Waals surface area contributed by atoms with Crippen LogP contribution in [-0.2, 0) is 9.47 Å². The van der Waals surface area contributed by atoms with Crippen LogP contribution < -0.4 is 0 Å². The maximum atomic E-state index is 11.7. The molecule has 0 saturated carbocycles. The summed E-state index contributed by atoms with van der Waals surface area (Å²) in [5.41, 5.74) is 0.0187. The summed E-state index contributed by atoms with van der Waals surface area (Å²) in [6, 6.07) is 0. The molecule has 2 fully saturated rings. The van der Waals surface area contributed by atoms with Crippen LogP contribution in [0.4, 0.5) is 4.79 Å². The molecule has 2 aliphatic heterocycles. The number of aliphatic hydroxyl groups excluding tert-OH is 1. The summed E-state index contributed by atoms with van der Waals surface area (Å²) in [7, 11) is 0. The van der Waals surface area contributed by atoms with Gasteiger partial charge in [-0.1, -0.05) is 12.7 Å². The number of aliphatic hydroxyl groups is 1. The third-order valence-electron chi connectivity index (χ3n) is 3.59. The first kappa shape index (κ1) is 12.4. The summed E-state index contributed by atoms with van der Waals surface area (Å²) < 4.78 is 10.3. The van der Waals surface area contributed by atoms with Crippen molar-refractivity contribution in [2.75, 3.05) is 26.4 Å². The van der Waals surface area contributed by atoms with Crippen molar-refractivity contribution in [1.82, 2.24) is 4.90 Å². The average molecular weight is 241 g/mol. The summed E-state index contributed by atoms with van der Waals surface area (Å²) in [5, 5.41) is 9.93. The van der Waals surface area contributed by atoms with E-state index in [1.807, 2.05) is 0 Å². The first-order chi connectivity index (χ1) is 8.17. The van der Waals surface area contributed by atoms with E-state index in [1.54, 1.807) is 0 Å². The van der Waals surface area contributed by atoms with Crippen LogP contribution in [0.2, 0.25) is 0 Å². The van der Waals surface area contributed by atoms with Crippen LogP contribution in [0.15, 0.2) is 12.7 Å². The monoisotopic (exact) mass is 241 g/mol. The Labute approximate surface area is 101 Å². The molecule has 0 aliphatic carbocycles. The van der Waals surface area contributed by atoms with Gasteiger partial charge < -0.3 is 14.6 Å². The first-order valence-corrected chi connectivity index (χ1v) is 5.97. The Morgan fingerprint density at radius 2 is 2.29 bits per heavy atom. The molecule has 1 unspecified atom stereocenters. The lowest BCUT2D eigenvalue weighted by Crippen LogP contribution is -2.38. The number of ether oxygens (including phenoxy) is 2. The molecule has 5 heteroatoms. The van der Waals surface area contributed by atoms with E-state index in [2.05, 4.69) is 6.58 Å².